The maximum Gasteiger partial charge on any atom is 0.255 e. The molecule has 6 saturated carbocycles. The van der Waals surface area contributed by atoms with Crippen LogP contribution in [0.3, 0.4) is 0 Å². The van der Waals surface area contributed by atoms with E-state index in [1.165, 1.54) is 51.4 Å². The third-order valence-corrected chi connectivity index (χ3v) is 22.9. The van der Waals surface area contributed by atoms with Gasteiger partial charge in [-0.05, 0) is 220 Å². The van der Waals surface area contributed by atoms with Crippen molar-refractivity contribution in [3.8, 4) is 0 Å². The molecule has 490 valence electrons. The molecule has 1 saturated heterocycles. The van der Waals surface area contributed by atoms with E-state index in [9.17, 15) is 28.8 Å². The molecule has 3 aromatic carbocycles. The number of piperidine rings is 1. The summed E-state index contributed by atoms with van der Waals surface area (Å²) in [6, 6.07) is 22.0. The summed E-state index contributed by atoms with van der Waals surface area (Å²) >= 11 is 6.66. The van der Waals surface area contributed by atoms with Gasteiger partial charge in [-0.1, -0.05) is 152 Å². The summed E-state index contributed by atoms with van der Waals surface area (Å²) in [4.78, 5) is 87.4. The lowest BCUT2D eigenvalue weighted by atomic mass is 9.84. The monoisotopic (exact) mass is 1560 g/mol. The average molecular weight is 1560 g/mol. The van der Waals surface area contributed by atoms with Gasteiger partial charge < -0.3 is 47.4 Å². The maximum absolute atomic E-state index is 14.1. The first kappa shape index (κ1) is 71.4. The fourth-order valence-corrected chi connectivity index (χ4v) is 17.2. The van der Waals surface area contributed by atoms with Crippen molar-refractivity contribution in [2.24, 2.45) is 17.4 Å². The van der Waals surface area contributed by atoms with Crippen molar-refractivity contribution in [2.45, 2.75) is 273 Å². The zero-order valence-electron chi connectivity index (χ0n) is 53.1. The molecule has 0 aromatic heterocycles. The molecule has 3 aromatic rings. The summed E-state index contributed by atoms with van der Waals surface area (Å²) in [5.74, 6) is 0.0511. The third kappa shape index (κ3) is 20.5. The van der Waals surface area contributed by atoms with E-state index >= 15 is 0 Å². The second-order valence-electron chi connectivity index (χ2n) is 26.6. The van der Waals surface area contributed by atoms with E-state index in [-0.39, 0.29) is 90.2 Å². The predicted molar refractivity (Wildman–Crippen MR) is 381 cm³/mol. The third-order valence-electron chi connectivity index (χ3n) is 20.1. The van der Waals surface area contributed by atoms with Crippen molar-refractivity contribution < 1.29 is 28.8 Å². The zero-order chi connectivity index (χ0) is 63.1. The molecular weight excluding hydrogens is 1460 g/mol. The molecule has 8 N–H and O–H groups in total. The standard InChI is InChI=1S/C26H38IN3O2.C23H34IN3O2.C22H32IN3O2/c27-23-14-8-7-13-22(23)26(32)30(21-11-5-2-6-12-21)24(19-15-17-28-18-16-19)25(31)29-20-9-3-1-4-10-20;1-16(25)21(22(28)26-17-10-4-2-5-11-17)27(18-12-6-3-7-13-18)23(29)19-14-8-9-15-20(19)24;23-19-14-8-7-13-18(19)22(28)26(17-11-5-2-6-12-17)20(15-24)21(27)25-16-9-3-1-4-10-16/h7-8,13-14,19-21,24,28H,1-6,9-12,15-18H2,(H,29,31);8-9,14-18,21H,2-7,10-13,25H2,1H3,(H,26,28);7-8,13-14,16-17,20H,1-6,9-12,15,24H2,(H,25,27). The summed E-state index contributed by atoms with van der Waals surface area (Å²) in [5.41, 5.74) is 14.5. The number of rotatable bonds is 18. The van der Waals surface area contributed by atoms with Gasteiger partial charge in [-0.3, -0.25) is 28.8 Å². The van der Waals surface area contributed by atoms with E-state index in [1.807, 2.05) is 94.4 Å². The molecule has 18 heteroatoms. The Balaban J connectivity index is 0.000000173. The number of hydrogen-bond acceptors (Lipinski definition) is 9. The molecule has 4 unspecified atom stereocenters. The normalized spacial score (nSPS) is 21.0. The number of nitrogens with one attached hydrogen (secondary N) is 4. The van der Waals surface area contributed by atoms with Crippen LogP contribution in [0.4, 0.5) is 0 Å². The zero-order valence-corrected chi connectivity index (χ0v) is 59.6. The Morgan fingerprint density at radius 1 is 0.438 bits per heavy atom. The molecular formula is C71H104I3N9O6. The van der Waals surface area contributed by atoms with Crippen molar-refractivity contribution in [2.75, 3.05) is 19.6 Å². The van der Waals surface area contributed by atoms with Crippen LogP contribution in [-0.2, 0) is 14.4 Å². The predicted octanol–water partition coefficient (Wildman–Crippen LogP) is 13.0. The number of carbonyl (C=O) groups excluding carboxylic acids is 6. The van der Waals surface area contributed by atoms with E-state index in [0.29, 0.717) is 11.1 Å². The largest absolute Gasteiger partial charge is 0.352 e. The van der Waals surface area contributed by atoms with Crippen molar-refractivity contribution in [1.29, 1.82) is 0 Å². The maximum atomic E-state index is 14.1. The second-order valence-corrected chi connectivity index (χ2v) is 30.1. The lowest BCUT2D eigenvalue weighted by Gasteiger charge is -2.44. The van der Waals surface area contributed by atoms with Gasteiger partial charge in [0.2, 0.25) is 17.7 Å². The number of benzene rings is 3. The molecule has 1 aliphatic heterocycles. The Bertz CT molecular complexity index is 2710. The highest BCUT2D eigenvalue weighted by atomic mass is 127. The minimum absolute atomic E-state index is 0.0456. The fourth-order valence-electron chi connectivity index (χ4n) is 15.3. The van der Waals surface area contributed by atoms with Crippen molar-refractivity contribution in [3.05, 3.63) is 100 Å². The van der Waals surface area contributed by atoms with E-state index in [1.54, 1.807) is 0 Å². The van der Waals surface area contributed by atoms with Gasteiger partial charge in [0.15, 0.2) is 0 Å². The van der Waals surface area contributed by atoms with Crippen LogP contribution in [-0.4, -0.2) is 130 Å². The van der Waals surface area contributed by atoms with E-state index < -0.39 is 18.1 Å². The minimum Gasteiger partial charge on any atom is -0.352 e. The summed E-state index contributed by atoms with van der Waals surface area (Å²) in [6.45, 7) is 3.86. The summed E-state index contributed by atoms with van der Waals surface area (Å²) < 4.78 is 2.79. The Morgan fingerprint density at radius 3 is 1.12 bits per heavy atom. The Kier molecular flexibility index (Phi) is 30.0. The van der Waals surface area contributed by atoms with Crippen LogP contribution in [0.25, 0.3) is 0 Å². The average Bonchev–Trinajstić information content (AvgIpc) is 1.90. The van der Waals surface area contributed by atoms with Gasteiger partial charge >= 0.3 is 0 Å². The van der Waals surface area contributed by atoms with E-state index in [2.05, 4.69) is 89.0 Å². The quantitative estimate of drug-likeness (QED) is 0.0668. The molecule has 1 heterocycles. The van der Waals surface area contributed by atoms with Crippen LogP contribution in [0, 0.1) is 16.6 Å². The van der Waals surface area contributed by atoms with Crippen LogP contribution in [0.1, 0.15) is 243 Å². The van der Waals surface area contributed by atoms with Crippen LogP contribution < -0.4 is 32.7 Å². The summed E-state index contributed by atoms with van der Waals surface area (Å²) in [6.07, 6.45) is 35.0. The van der Waals surface area contributed by atoms with Crippen molar-refractivity contribution in [1.82, 2.24) is 36.0 Å². The highest BCUT2D eigenvalue weighted by molar-refractivity contribution is 14.1. The van der Waals surface area contributed by atoms with Gasteiger partial charge in [0.05, 0.1) is 16.7 Å². The van der Waals surface area contributed by atoms with Gasteiger partial charge in [-0.15, -0.1) is 0 Å². The van der Waals surface area contributed by atoms with E-state index in [0.717, 1.165) is 183 Å². The number of amides is 6. The van der Waals surface area contributed by atoms with Crippen LogP contribution >= 0.6 is 67.8 Å². The smallest absolute Gasteiger partial charge is 0.255 e. The molecule has 0 radical (unpaired) electrons. The molecule has 7 fully saturated rings. The molecule has 10 rings (SSSR count). The van der Waals surface area contributed by atoms with E-state index in [4.69, 9.17) is 11.5 Å². The molecule has 15 nitrogen and oxygen atoms in total. The lowest BCUT2D eigenvalue weighted by molar-refractivity contribution is -0.130. The van der Waals surface area contributed by atoms with Crippen molar-refractivity contribution >= 4 is 103 Å². The van der Waals surface area contributed by atoms with Gasteiger partial charge in [-0.2, -0.15) is 0 Å². The van der Waals surface area contributed by atoms with Gasteiger partial charge in [0.25, 0.3) is 17.7 Å². The first-order valence-electron chi connectivity index (χ1n) is 34.5. The molecule has 0 spiro atoms. The number of nitrogens with zero attached hydrogens (tertiary/aromatic N) is 3. The number of nitrogens with two attached hydrogens (primary N) is 2. The van der Waals surface area contributed by atoms with Crippen molar-refractivity contribution in [3.63, 3.8) is 0 Å². The van der Waals surface area contributed by atoms with Gasteiger partial charge in [0, 0.05) is 59.5 Å². The second kappa shape index (κ2) is 37.4. The van der Waals surface area contributed by atoms with Crippen LogP contribution in [0.2, 0.25) is 0 Å². The Labute approximate surface area is 573 Å². The molecule has 7 aliphatic rings. The number of halogens is 3. The van der Waals surface area contributed by atoms with Gasteiger partial charge in [0.1, 0.15) is 18.1 Å². The first-order chi connectivity index (χ1) is 43.2. The van der Waals surface area contributed by atoms with Crippen LogP contribution in [0.15, 0.2) is 72.8 Å². The minimum atomic E-state index is -0.636. The number of carbonyl (C=O) groups is 6. The molecule has 4 atom stereocenters. The topological polar surface area (TPSA) is 212 Å². The first-order valence-corrected chi connectivity index (χ1v) is 37.8. The molecule has 6 aliphatic carbocycles. The molecule has 0 bridgehead atoms. The lowest BCUT2D eigenvalue weighted by Crippen LogP contribution is -2.61. The molecule has 6 amide bonds. The van der Waals surface area contributed by atoms with Gasteiger partial charge in [-0.25, -0.2) is 0 Å². The fraction of sp³-hybridized carbons (Fsp3) is 0.662. The number of hydrogen-bond donors (Lipinski definition) is 6. The van der Waals surface area contributed by atoms with Crippen LogP contribution in [0.5, 0.6) is 0 Å². The Morgan fingerprint density at radius 2 is 0.753 bits per heavy atom. The Hall–Kier alpha value is -3.45. The summed E-state index contributed by atoms with van der Waals surface area (Å²) in [5, 5.41) is 13.3. The highest BCUT2D eigenvalue weighted by Crippen LogP contribution is 2.34. The molecule has 89 heavy (non-hydrogen) atoms. The SMILES string of the molecule is CC(N)C(C(=O)NC1CCCCC1)N(C(=O)c1ccccc1I)C1CCCCC1.NCC(C(=O)NC1CCCCC1)N(C(=O)c1ccccc1I)C1CCCCC1.O=C(NC1CCCCC1)C(C1CCNCC1)N(C(=O)c1ccccc1I)C1CCCCC1. The highest BCUT2D eigenvalue weighted by Gasteiger charge is 2.44. The summed E-state index contributed by atoms with van der Waals surface area (Å²) in [7, 11) is 0.